The van der Waals surface area contributed by atoms with Gasteiger partial charge in [0.05, 0.1) is 0 Å². The molecule has 0 aromatic rings. The van der Waals surface area contributed by atoms with E-state index in [0.29, 0.717) is 5.41 Å². The van der Waals surface area contributed by atoms with Crippen molar-refractivity contribution in [2.75, 3.05) is 0 Å². The van der Waals surface area contributed by atoms with Gasteiger partial charge in [-0.05, 0) is 47.0 Å². The van der Waals surface area contributed by atoms with Gasteiger partial charge in [0.25, 0.3) is 0 Å². The molecule has 0 rings (SSSR count). The van der Waals surface area contributed by atoms with Crippen molar-refractivity contribution in [3.8, 4) is 11.8 Å². The van der Waals surface area contributed by atoms with Crippen molar-refractivity contribution in [1.82, 2.24) is 0 Å². The first-order valence-corrected chi connectivity index (χ1v) is 5.50. The van der Waals surface area contributed by atoms with Crippen molar-refractivity contribution in [2.24, 2.45) is 5.41 Å². The standard InChI is InChI=1S/C6H12.C5H12.C4H6/c1-5(2)6(3)4;1-5(2,3)4;1-3-4-2/h1-4H3;1-4H3;1-2H3. The van der Waals surface area contributed by atoms with E-state index in [1.165, 1.54) is 11.1 Å². The topological polar surface area (TPSA) is 0 Å². The maximum atomic E-state index is 2.68. The van der Waals surface area contributed by atoms with E-state index in [9.17, 15) is 0 Å². The lowest BCUT2D eigenvalue weighted by molar-refractivity contribution is 0.469. The largest absolute Gasteiger partial charge is 0.107 e. The predicted octanol–water partition coefficient (Wildman–Crippen LogP) is 5.44. The van der Waals surface area contributed by atoms with Gasteiger partial charge in [-0.25, -0.2) is 0 Å². The Morgan fingerprint density at radius 2 is 0.800 bits per heavy atom. The fourth-order valence-electron chi connectivity index (χ4n) is 0. The molecule has 0 aliphatic carbocycles. The maximum absolute atomic E-state index is 2.68. The molecule has 0 heteroatoms. The summed E-state index contributed by atoms with van der Waals surface area (Å²) in [6, 6.07) is 0. The van der Waals surface area contributed by atoms with Gasteiger partial charge in [0.1, 0.15) is 0 Å². The molecule has 0 radical (unpaired) electrons. The lowest BCUT2D eigenvalue weighted by Gasteiger charge is -2.05. The minimum absolute atomic E-state index is 0.500. The predicted molar refractivity (Wildman–Crippen MR) is 74.0 cm³/mol. The van der Waals surface area contributed by atoms with Gasteiger partial charge in [-0.3, -0.25) is 0 Å². The van der Waals surface area contributed by atoms with Crippen molar-refractivity contribution in [2.45, 2.75) is 69.2 Å². The Bertz CT molecular complexity index is 183. The summed E-state index contributed by atoms with van der Waals surface area (Å²) in [4.78, 5) is 0. The van der Waals surface area contributed by atoms with Crippen LogP contribution in [0.1, 0.15) is 69.2 Å². The highest BCUT2D eigenvalue weighted by atomic mass is 14.0. The molecular weight excluding hydrogens is 180 g/mol. The smallest absolute Gasteiger partial charge is 0.00271 e. The summed E-state index contributed by atoms with van der Waals surface area (Å²) in [6.07, 6.45) is 0. The Kier molecular flexibility index (Phi) is 15.0. The van der Waals surface area contributed by atoms with Gasteiger partial charge >= 0.3 is 0 Å². The van der Waals surface area contributed by atoms with E-state index < -0.39 is 0 Å². The minimum Gasteiger partial charge on any atom is -0.107 e. The molecule has 0 spiro atoms. The average molecular weight is 210 g/mol. The van der Waals surface area contributed by atoms with Crippen LogP contribution in [-0.2, 0) is 0 Å². The van der Waals surface area contributed by atoms with Gasteiger partial charge in [-0.15, -0.1) is 11.8 Å². The summed E-state index contributed by atoms with van der Waals surface area (Å²) in [7, 11) is 0. The van der Waals surface area contributed by atoms with Crippen LogP contribution in [0.2, 0.25) is 0 Å². The van der Waals surface area contributed by atoms with Crippen LogP contribution in [0.15, 0.2) is 11.1 Å². The SMILES string of the molecule is CC#CC.CC(C)(C)C.CC(C)=C(C)C. The fraction of sp³-hybridized carbons (Fsp3) is 0.733. The quantitative estimate of drug-likeness (QED) is 0.368. The van der Waals surface area contributed by atoms with E-state index >= 15 is 0 Å². The number of hydrogen-bond donors (Lipinski definition) is 0. The summed E-state index contributed by atoms with van der Waals surface area (Å²) in [6.45, 7) is 20.9. The molecule has 15 heavy (non-hydrogen) atoms. The Morgan fingerprint density at radius 3 is 0.800 bits per heavy atom. The van der Waals surface area contributed by atoms with E-state index in [1.807, 2.05) is 13.8 Å². The number of rotatable bonds is 0. The van der Waals surface area contributed by atoms with Crippen LogP contribution >= 0.6 is 0 Å². The fourth-order valence-corrected chi connectivity index (χ4v) is 0. The molecule has 90 valence electrons. The highest BCUT2D eigenvalue weighted by Gasteiger charge is 1.95. The second-order valence-corrected chi connectivity index (χ2v) is 5.50. The zero-order valence-electron chi connectivity index (χ0n) is 12.5. The van der Waals surface area contributed by atoms with Crippen LogP contribution in [0.4, 0.5) is 0 Å². The third-order valence-electron chi connectivity index (χ3n) is 1.25. The van der Waals surface area contributed by atoms with Crippen LogP contribution in [0.5, 0.6) is 0 Å². The summed E-state index contributed by atoms with van der Waals surface area (Å²) in [5, 5.41) is 0. The van der Waals surface area contributed by atoms with E-state index in [2.05, 4.69) is 67.2 Å². The zero-order chi connectivity index (χ0) is 13.1. The molecule has 0 bridgehead atoms. The van der Waals surface area contributed by atoms with E-state index in [-0.39, 0.29) is 0 Å². The first-order chi connectivity index (χ1) is 6.56. The molecule has 0 atom stereocenters. The van der Waals surface area contributed by atoms with Crippen molar-refractivity contribution < 1.29 is 0 Å². The van der Waals surface area contributed by atoms with E-state index in [0.717, 1.165) is 0 Å². The van der Waals surface area contributed by atoms with Gasteiger partial charge in [-0.1, -0.05) is 38.8 Å². The summed E-state index contributed by atoms with van der Waals surface area (Å²) < 4.78 is 0. The van der Waals surface area contributed by atoms with Crippen LogP contribution in [-0.4, -0.2) is 0 Å². The van der Waals surface area contributed by atoms with E-state index in [1.54, 1.807) is 0 Å². The normalized spacial score (nSPS) is 8.13. The number of hydrogen-bond acceptors (Lipinski definition) is 0. The molecule has 0 saturated carbocycles. The average Bonchev–Trinajstić information content (AvgIpc) is 2.01. The summed E-state index contributed by atoms with van der Waals surface area (Å²) in [5.74, 6) is 5.36. The Labute approximate surface area is 98.2 Å². The Morgan fingerprint density at radius 1 is 0.667 bits per heavy atom. The molecule has 0 unspecified atom stereocenters. The van der Waals surface area contributed by atoms with Gasteiger partial charge in [0.2, 0.25) is 0 Å². The van der Waals surface area contributed by atoms with Crippen LogP contribution in [0, 0.1) is 17.3 Å². The molecule has 0 aliphatic heterocycles. The molecular formula is C15H30. The van der Waals surface area contributed by atoms with Gasteiger partial charge in [-0.2, -0.15) is 0 Å². The number of allylic oxidation sites excluding steroid dienone is 2. The van der Waals surface area contributed by atoms with Gasteiger partial charge in [0, 0.05) is 0 Å². The highest BCUT2D eigenvalue weighted by Crippen LogP contribution is 2.08. The third-order valence-corrected chi connectivity index (χ3v) is 1.25. The Balaban J connectivity index is -0.000000147. The maximum Gasteiger partial charge on any atom is -0.00271 e. The van der Waals surface area contributed by atoms with Crippen LogP contribution < -0.4 is 0 Å². The lowest BCUT2D eigenvalue weighted by atomic mass is 10.0. The van der Waals surface area contributed by atoms with Crippen molar-refractivity contribution in [1.29, 1.82) is 0 Å². The molecule has 0 saturated heterocycles. The third kappa shape index (κ3) is 91.8. The summed E-state index contributed by atoms with van der Waals surface area (Å²) >= 11 is 0. The first-order valence-electron chi connectivity index (χ1n) is 5.50. The molecule has 0 nitrogen and oxygen atoms in total. The highest BCUT2D eigenvalue weighted by molar-refractivity contribution is 5.02. The minimum atomic E-state index is 0.500. The second kappa shape index (κ2) is 11.4. The molecule has 0 aromatic carbocycles. The zero-order valence-corrected chi connectivity index (χ0v) is 12.5. The van der Waals surface area contributed by atoms with Gasteiger partial charge < -0.3 is 0 Å². The van der Waals surface area contributed by atoms with Crippen molar-refractivity contribution in [3.63, 3.8) is 0 Å². The van der Waals surface area contributed by atoms with Gasteiger partial charge in [0.15, 0.2) is 0 Å². The lowest BCUT2D eigenvalue weighted by Crippen LogP contribution is -1.93. The van der Waals surface area contributed by atoms with Crippen LogP contribution in [0.25, 0.3) is 0 Å². The van der Waals surface area contributed by atoms with E-state index in [4.69, 9.17) is 0 Å². The first kappa shape index (κ1) is 19.8. The monoisotopic (exact) mass is 210 g/mol. The van der Waals surface area contributed by atoms with Crippen molar-refractivity contribution in [3.05, 3.63) is 11.1 Å². The summed E-state index contributed by atoms with van der Waals surface area (Å²) in [5.41, 5.74) is 3.35. The Hall–Kier alpha value is -0.700. The molecule has 0 aromatic heterocycles. The second-order valence-electron chi connectivity index (χ2n) is 5.50. The molecule has 0 aliphatic rings. The molecule has 0 amide bonds. The van der Waals surface area contributed by atoms with Crippen LogP contribution in [0.3, 0.4) is 0 Å². The molecule has 0 heterocycles. The molecule has 0 N–H and O–H groups in total. The molecule has 0 fully saturated rings. The van der Waals surface area contributed by atoms with Crippen molar-refractivity contribution >= 4 is 0 Å².